The van der Waals surface area contributed by atoms with Gasteiger partial charge in [-0.3, -0.25) is 0 Å². The van der Waals surface area contributed by atoms with Crippen LogP contribution >= 0.6 is 11.8 Å². The van der Waals surface area contributed by atoms with Crippen molar-refractivity contribution in [3.8, 4) is 5.75 Å². The van der Waals surface area contributed by atoms with Crippen molar-refractivity contribution in [2.75, 3.05) is 0 Å². The van der Waals surface area contributed by atoms with Crippen molar-refractivity contribution < 1.29 is 5.11 Å². The molecular weight excluding hydrogens is 256 g/mol. The number of aromatic nitrogens is 2. The van der Waals surface area contributed by atoms with E-state index in [4.69, 9.17) is 0 Å². The van der Waals surface area contributed by atoms with E-state index in [9.17, 15) is 5.11 Å². The molecule has 96 valence electrons. The van der Waals surface area contributed by atoms with Gasteiger partial charge in [0.05, 0.1) is 5.69 Å². The average molecular weight is 270 g/mol. The van der Waals surface area contributed by atoms with Crippen LogP contribution in [0.25, 0.3) is 5.65 Å². The van der Waals surface area contributed by atoms with Gasteiger partial charge in [0.25, 0.3) is 0 Å². The molecule has 1 N–H and O–H groups in total. The first kappa shape index (κ1) is 12.1. The number of rotatable bonds is 3. The SMILES string of the molecule is Cc1ccc2nc(CSc3ccccc3O)cn2c1. The van der Waals surface area contributed by atoms with Gasteiger partial charge in [0.1, 0.15) is 11.4 Å². The highest BCUT2D eigenvalue weighted by Gasteiger charge is 2.05. The summed E-state index contributed by atoms with van der Waals surface area (Å²) in [6, 6.07) is 11.4. The van der Waals surface area contributed by atoms with Crippen molar-refractivity contribution in [3.63, 3.8) is 0 Å². The number of pyridine rings is 1. The zero-order chi connectivity index (χ0) is 13.2. The van der Waals surface area contributed by atoms with E-state index < -0.39 is 0 Å². The molecule has 0 radical (unpaired) electrons. The zero-order valence-corrected chi connectivity index (χ0v) is 11.4. The number of hydrogen-bond acceptors (Lipinski definition) is 3. The predicted molar refractivity (Wildman–Crippen MR) is 77.6 cm³/mol. The lowest BCUT2D eigenvalue weighted by atomic mass is 10.3. The Kier molecular flexibility index (Phi) is 3.17. The average Bonchev–Trinajstić information content (AvgIpc) is 2.79. The van der Waals surface area contributed by atoms with Crippen LogP contribution in [0.5, 0.6) is 5.75 Å². The van der Waals surface area contributed by atoms with E-state index in [-0.39, 0.29) is 0 Å². The number of imidazole rings is 1. The number of phenolic OH excluding ortho intramolecular Hbond substituents is 1. The third-order valence-corrected chi connectivity index (χ3v) is 3.99. The Morgan fingerprint density at radius 2 is 2.00 bits per heavy atom. The molecule has 0 bridgehead atoms. The van der Waals surface area contributed by atoms with E-state index in [1.54, 1.807) is 17.8 Å². The van der Waals surface area contributed by atoms with Crippen molar-refractivity contribution in [2.45, 2.75) is 17.6 Å². The minimum atomic E-state index is 0.326. The molecule has 0 atom stereocenters. The van der Waals surface area contributed by atoms with E-state index in [2.05, 4.69) is 24.2 Å². The van der Waals surface area contributed by atoms with Crippen LogP contribution in [-0.4, -0.2) is 14.5 Å². The molecule has 4 heteroatoms. The minimum absolute atomic E-state index is 0.326. The van der Waals surface area contributed by atoms with Gasteiger partial charge >= 0.3 is 0 Å². The molecule has 0 unspecified atom stereocenters. The predicted octanol–water partition coefficient (Wildman–Crippen LogP) is 3.64. The molecule has 3 aromatic rings. The quantitative estimate of drug-likeness (QED) is 0.738. The molecule has 0 saturated heterocycles. The number of nitrogens with zero attached hydrogens (tertiary/aromatic N) is 2. The molecule has 0 aliphatic rings. The summed E-state index contributed by atoms with van der Waals surface area (Å²) in [4.78, 5) is 5.44. The maximum Gasteiger partial charge on any atom is 0.137 e. The molecular formula is C15H14N2OS. The number of para-hydroxylation sites is 1. The molecule has 0 aliphatic carbocycles. The molecule has 0 fully saturated rings. The molecule has 3 rings (SSSR count). The van der Waals surface area contributed by atoms with E-state index in [1.165, 1.54) is 5.56 Å². The number of fused-ring (bicyclic) bond motifs is 1. The number of phenols is 1. The second-order valence-corrected chi connectivity index (χ2v) is 5.48. The highest BCUT2D eigenvalue weighted by atomic mass is 32.2. The zero-order valence-electron chi connectivity index (χ0n) is 10.6. The van der Waals surface area contributed by atoms with E-state index >= 15 is 0 Å². The van der Waals surface area contributed by atoms with E-state index in [0.717, 1.165) is 22.0 Å². The van der Waals surface area contributed by atoms with Crippen molar-refractivity contribution in [2.24, 2.45) is 0 Å². The van der Waals surface area contributed by atoms with E-state index in [0.29, 0.717) is 5.75 Å². The molecule has 0 aliphatic heterocycles. The lowest BCUT2D eigenvalue weighted by Crippen LogP contribution is -1.82. The summed E-state index contributed by atoms with van der Waals surface area (Å²) in [7, 11) is 0. The van der Waals surface area contributed by atoms with Crippen LogP contribution < -0.4 is 0 Å². The van der Waals surface area contributed by atoms with Gasteiger partial charge in [-0.25, -0.2) is 4.98 Å². The molecule has 0 spiro atoms. The first-order valence-electron chi connectivity index (χ1n) is 6.07. The second kappa shape index (κ2) is 4.97. The van der Waals surface area contributed by atoms with Crippen LogP contribution in [0.4, 0.5) is 0 Å². The first-order chi connectivity index (χ1) is 9.22. The molecule has 19 heavy (non-hydrogen) atoms. The van der Waals surface area contributed by atoms with Gasteiger partial charge < -0.3 is 9.51 Å². The summed E-state index contributed by atoms with van der Waals surface area (Å²) in [6.07, 6.45) is 4.10. The second-order valence-electron chi connectivity index (χ2n) is 4.46. The van der Waals surface area contributed by atoms with Crippen molar-refractivity contribution in [3.05, 3.63) is 60.0 Å². The maximum absolute atomic E-state index is 9.72. The standard InChI is InChI=1S/C15H14N2OS/c1-11-6-7-15-16-12(9-17(15)8-11)10-19-14-5-3-2-4-13(14)18/h2-9,18H,10H2,1H3. The minimum Gasteiger partial charge on any atom is -0.507 e. The lowest BCUT2D eigenvalue weighted by Gasteiger charge is -2.01. The fraction of sp³-hybridized carbons (Fsp3) is 0.133. The Hall–Kier alpha value is -1.94. The van der Waals surface area contributed by atoms with Crippen LogP contribution in [0, 0.1) is 6.92 Å². The molecule has 1 aromatic carbocycles. The monoisotopic (exact) mass is 270 g/mol. The fourth-order valence-corrected chi connectivity index (χ4v) is 2.79. The van der Waals surface area contributed by atoms with Crippen LogP contribution in [0.2, 0.25) is 0 Å². The third kappa shape index (κ3) is 2.58. The number of benzene rings is 1. The Labute approximate surface area is 115 Å². The summed E-state index contributed by atoms with van der Waals surface area (Å²) in [6.45, 7) is 2.07. The van der Waals surface area contributed by atoms with Gasteiger partial charge in [-0.1, -0.05) is 18.2 Å². The van der Waals surface area contributed by atoms with Gasteiger partial charge in [-0.05, 0) is 30.7 Å². The molecule has 0 amide bonds. The summed E-state index contributed by atoms with van der Waals surface area (Å²) < 4.78 is 2.04. The maximum atomic E-state index is 9.72. The summed E-state index contributed by atoms with van der Waals surface area (Å²) in [5.41, 5.74) is 3.18. The van der Waals surface area contributed by atoms with Crippen LogP contribution in [0.15, 0.2) is 53.7 Å². The van der Waals surface area contributed by atoms with Gasteiger partial charge in [-0.2, -0.15) is 0 Å². The summed E-state index contributed by atoms with van der Waals surface area (Å²) in [5, 5.41) is 9.72. The molecule has 0 saturated carbocycles. The molecule has 2 heterocycles. The Morgan fingerprint density at radius 3 is 2.84 bits per heavy atom. The number of aromatic hydroxyl groups is 1. The lowest BCUT2D eigenvalue weighted by molar-refractivity contribution is 0.462. The summed E-state index contributed by atoms with van der Waals surface area (Å²) >= 11 is 1.59. The Bertz CT molecular complexity index is 721. The molecule has 2 aromatic heterocycles. The number of aryl methyl sites for hydroxylation is 1. The highest BCUT2D eigenvalue weighted by Crippen LogP contribution is 2.30. The Morgan fingerprint density at radius 1 is 1.16 bits per heavy atom. The normalized spacial score (nSPS) is 11.0. The highest BCUT2D eigenvalue weighted by molar-refractivity contribution is 7.98. The van der Waals surface area contributed by atoms with Gasteiger partial charge in [0.15, 0.2) is 0 Å². The van der Waals surface area contributed by atoms with Gasteiger partial charge in [-0.15, -0.1) is 11.8 Å². The summed E-state index contributed by atoms with van der Waals surface area (Å²) in [5.74, 6) is 1.07. The fourth-order valence-electron chi connectivity index (χ4n) is 1.96. The first-order valence-corrected chi connectivity index (χ1v) is 7.06. The van der Waals surface area contributed by atoms with Crippen LogP contribution in [0.3, 0.4) is 0 Å². The Balaban J connectivity index is 1.80. The van der Waals surface area contributed by atoms with Crippen molar-refractivity contribution in [1.29, 1.82) is 0 Å². The smallest absolute Gasteiger partial charge is 0.137 e. The van der Waals surface area contributed by atoms with Gasteiger partial charge in [0.2, 0.25) is 0 Å². The number of thioether (sulfide) groups is 1. The topological polar surface area (TPSA) is 37.5 Å². The van der Waals surface area contributed by atoms with Crippen molar-refractivity contribution in [1.82, 2.24) is 9.38 Å². The largest absolute Gasteiger partial charge is 0.507 e. The third-order valence-electron chi connectivity index (χ3n) is 2.89. The van der Waals surface area contributed by atoms with Crippen LogP contribution in [0.1, 0.15) is 11.3 Å². The van der Waals surface area contributed by atoms with Crippen molar-refractivity contribution >= 4 is 17.4 Å². The molecule has 3 nitrogen and oxygen atoms in total. The van der Waals surface area contributed by atoms with Gasteiger partial charge in [0, 0.05) is 23.0 Å². The number of hydrogen-bond donors (Lipinski definition) is 1. The van der Waals surface area contributed by atoms with E-state index in [1.807, 2.05) is 34.9 Å². The van der Waals surface area contributed by atoms with Crippen LogP contribution in [-0.2, 0) is 5.75 Å².